The van der Waals surface area contributed by atoms with E-state index in [2.05, 4.69) is 21.2 Å². The third kappa shape index (κ3) is 10.5. The average molecular weight is 663 g/mol. The fourth-order valence-corrected chi connectivity index (χ4v) is 5.96. The van der Waals surface area contributed by atoms with Crippen molar-refractivity contribution in [3.8, 4) is 0 Å². The zero-order valence-electron chi connectivity index (χ0n) is 23.6. The van der Waals surface area contributed by atoms with Crippen molar-refractivity contribution < 1.29 is 18.0 Å². The second-order valence-electron chi connectivity index (χ2n) is 10.4. The Morgan fingerprint density at radius 1 is 0.951 bits per heavy atom. The van der Waals surface area contributed by atoms with Crippen LogP contribution in [0.3, 0.4) is 0 Å². The first-order valence-corrected chi connectivity index (χ1v) is 16.5. The van der Waals surface area contributed by atoms with E-state index in [1.807, 2.05) is 68.4 Å². The van der Waals surface area contributed by atoms with E-state index >= 15 is 0 Å². The molecule has 0 aromatic heterocycles. The normalized spacial score (nSPS) is 12.1. The van der Waals surface area contributed by atoms with Gasteiger partial charge in [-0.1, -0.05) is 83.8 Å². The van der Waals surface area contributed by atoms with Gasteiger partial charge < -0.3 is 10.2 Å². The van der Waals surface area contributed by atoms with Crippen LogP contribution in [0.1, 0.15) is 37.8 Å². The van der Waals surface area contributed by atoms with Crippen molar-refractivity contribution in [1.82, 2.24) is 10.2 Å². The molecule has 0 bridgehead atoms. The number of anilines is 1. The summed E-state index contributed by atoms with van der Waals surface area (Å²) in [7, 11) is -3.59. The second kappa shape index (κ2) is 15.4. The lowest BCUT2D eigenvalue weighted by Gasteiger charge is -2.32. The van der Waals surface area contributed by atoms with Crippen molar-refractivity contribution in [2.45, 2.75) is 45.7 Å². The minimum absolute atomic E-state index is 0.0658. The van der Waals surface area contributed by atoms with Crippen molar-refractivity contribution in [2.24, 2.45) is 5.92 Å². The van der Waals surface area contributed by atoms with Crippen molar-refractivity contribution in [2.75, 3.05) is 23.7 Å². The Balaban J connectivity index is 1.87. The molecule has 41 heavy (non-hydrogen) atoms. The first-order chi connectivity index (χ1) is 19.4. The van der Waals surface area contributed by atoms with E-state index in [1.54, 1.807) is 29.2 Å². The minimum Gasteiger partial charge on any atom is -0.354 e. The molecule has 0 spiro atoms. The Labute approximate surface area is 257 Å². The highest BCUT2D eigenvalue weighted by Gasteiger charge is 2.30. The SMILES string of the molecule is CC(C)CNC(=O)[C@H](Cc1ccccc1)N(Cc1cccc(Br)c1)C(=O)CCCN(c1ccc(Cl)cc1)S(C)(=O)=O. The van der Waals surface area contributed by atoms with Crippen LogP contribution in [0.5, 0.6) is 0 Å². The highest BCUT2D eigenvalue weighted by molar-refractivity contribution is 9.10. The number of hydrogen-bond donors (Lipinski definition) is 1. The number of carbonyl (C=O) groups is 2. The Bertz CT molecular complexity index is 1400. The molecule has 7 nitrogen and oxygen atoms in total. The van der Waals surface area contributed by atoms with E-state index in [0.29, 0.717) is 23.7 Å². The number of carbonyl (C=O) groups excluding carboxylic acids is 2. The van der Waals surface area contributed by atoms with Gasteiger partial charge in [-0.25, -0.2) is 8.42 Å². The molecule has 0 aliphatic heterocycles. The van der Waals surface area contributed by atoms with Gasteiger partial charge >= 0.3 is 0 Å². The van der Waals surface area contributed by atoms with Gasteiger partial charge in [-0.05, 0) is 59.9 Å². The number of rotatable bonds is 14. The first kappa shape index (κ1) is 32.6. The predicted molar refractivity (Wildman–Crippen MR) is 169 cm³/mol. The molecule has 0 radical (unpaired) electrons. The predicted octanol–water partition coefficient (Wildman–Crippen LogP) is 6.06. The summed E-state index contributed by atoms with van der Waals surface area (Å²) < 4.78 is 27.3. The zero-order valence-corrected chi connectivity index (χ0v) is 26.8. The van der Waals surface area contributed by atoms with E-state index in [0.717, 1.165) is 21.9 Å². The van der Waals surface area contributed by atoms with Gasteiger partial charge in [-0.3, -0.25) is 13.9 Å². The summed E-state index contributed by atoms with van der Waals surface area (Å²) in [6.45, 7) is 4.88. The monoisotopic (exact) mass is 661 g/mol. The third-order valence-corrected chi connectivity index (χ3v) is 8.40. The molecule has 220 valence electrons. The number of nitrogens with one attached hydrogen (secondary N) is 1. The summed E-state index contributed by atoms with van der Waals surface area (Å²) in [5, 5.41) is 3.52. The zero-order chi connectivity index (χ0) is 30.0. The highest BCUT2D eigenvalue weighted by Crippen LogP contribution is 2.22. The molecule has 3 rings (SSSR count). The van der Waals surface area contributed by atoms with Crippen molar-refractivity contribution in [1.29, 1.82) is 0 Å². The highest BCUT2D eigenvalue weighted by atomic mass is 79.9. The van der Waals surface area contributed by atoms with Gasteiger partial charge in [0.25, 0.3) is 0 Å². The molecule has 0 saturated carbocycles. The average Bonchev–Trinajstić information content (AvgIpc) is 2.92. The number of amides is 2. The van der Waals surface area contributed by atoms with Crippen molar-refractivity contribution in [3.63, 3.8) is 0 Å². The van der Waals surface area contributed by atoms with Gasteiger partial charge in [0, 0.05) is 42.0 Å². The van der Waals surface area contributed by atoms with Crippen LogP contribution in [-0.2, 0) is 32.6 Å². The minimum atomic E-state index is -3.59. The van der Waals surface area contributed by atoms with Crippen LogP contribution in [0.25, 0.3) is 0 Å². The van der Waals surface area contributed by atoms with E-state index in [9.17, 15) is 18.0 Å². The molecule has 0 aliphatic rings. The summed E-state index contributed by atoms with van der Waals surface area (Å²) in [5.74, 6) is -0.194. The number of hydrogen-bond acceptors (Lipinski definition) is 4. The number of nitrogens with zero attached hydrogens (tertiary/aromatic N) is 2. The fourth-order valence-electron chi connectivity index (χ4n) is 4.42. The van der Waals surface area contributed by atoms with Gasteiger partial charge in [-0.2, -0.15) is 0 Å². The number of benzene rings is 3. The summed E-state index contributed by atoms with van der Waals surface area (Å²) >= 11 is 9.49. The lowest BCUT2D eigenvalue weighted by molar-refractivity contribution is -0.141. The van der Waals surface area contributed by atoms with E-state index in [1.165, 1.54) is 4.31 Å². The Morgan fingerprint density at radius 3 is 2.22 bits per heavy atom. The Hall–Kier alpha value is -2.88. The summed E-state index contributed by atoms with van der Waals surface area (Å²) in [6, 6.07) is 23.1. The molecular weight excluding hydrogens is 626 g/mol. The smallest absolute Gasteiger partial charge is 0.243 e. The summed E-state index contributed by atoms with van der Waals surface area (Å²) in [5.41, 5.74) is 2.29. The van der Waals surface area contributed by atoms with Gasteiger partial charge in [0.05, 0.1) is 11.9 Å². The molecule has 10 heteroatoms. The van der Waals surface area contributed by atoms with Crippen molar-refractivity contribution >= 4 is 55.1 Å². The van der Waals surface area contributed by atoms with Crippen LogP contribution in [0.2, 0.25) is 5.02 Å². The number of halogens is 2. The molecule has 3 aromatic carbocycles. The van der Waals surface area contributed by atoms with E-state index in [4.69, 9.17) is 11.6 Å². The molecule has 0 aliphatic carbocycles. The second-order valence-corrected chi connectivity index (χ2v) is 13.7. The molecule has 0 heterocycles. The maximum Gasteiger partial charge on any atom is 0.243 e. The molecule has 1 atom stereocenters. The molecule has 0 fully saturated rings. The summed E-state index contributed by atoms with van der Waals surface area (Å²) in [6.07, 6.45) is 1.83. The van der Waals surface area contributed by atoms with E-state index < -0.39 is 16.1 Å². The quantitative estimate of drug-likeness (QED) is 0.227. The third-order valence-electron chi connectivity index (χ3n) is 6.46. The number of sulfonamides is 1. The lowest BCUT2D eigenvalue weighted by Crippen LogP contribution is -2.51. The van der Waals surface area contributed by atoms with Crippen LogP contribution in [0.15, 0.2) is 83.3 Å². The summed E-state index contributed by atoms with van der Waals surface area (Å²) in [4.78, 5) is 29.1. The maximum absolute atomic E-state index is 13.9. The van der Waals surface area contributed by atoms with Gasteiger partial charge in [0.15, 0.2) is 0 Å². The van der Waals surface area contributed by atoms with E-state index in [-0.39, 0.29) is 43.7 Å². The first-order valence-electron chi connectivity index (χ1n) is 13.5. The molecular formula is C31H37BrClN3O4S. The van der Waals surface area contributed by atoms with Crippen LogP contribution in [0.4, 0.5) is 5.69 Å². The molecule has 2 amide bonds. The Morgan fingerprint density at radius 2 is 1.61 bits per heavy atom. The maximum atomic E-state index is 13.9. The van der Waals surface area contributed by atoms with Gasteiger partial charge in [0.1, 0.15) is 6.04 Å². The molecule has 0 unspecified atom stereocenters. The standard InChI is InChI=1S/C31H37BrClN3O4S/c1-23(2)21-34-31(38)29(20-24-9-5-4-6-10-24)35(22-25-11-7-12-26(32)19-25)30(37)13-8-18-36(41(3,39)40)28-16-14-27(33)15-17-28/h4-7,9-12,14-17,19,23,29H,8,13,18,20-22H2,1-3H3,(H,34,38)/t29-/m0/s1. The molecule has 1 N–H and O–H groups in total. The topological polar surface area (TPSA) is 86.8 Å². The molecule has 0 saturated heterocycles. The lowest BCUT2D eigenvalue weighted by atomic mass is 10.0. The largest absolute Gasteiger partial charge is 0.354 e. The van der Waals surface area contributed by atoms with Crippen LogP contribution in [-0.4, -0.2) is 50.5 Å². The van der Waals surface area contributed by atoms with Crippen LogP contribution < -0.4 is 9.62 Å². The van der Waals surface area contributed by atoms with Gasteiger partial charge in [-0.15, -0.1) is 0 Å². The van der Waals surface area contributed by atoms with Crippen LogP contribution in [0, 0.1) is 5.92 Å². The molecule has 3 aromatic rings. The van der Waals surface area contributed by atoms with Gasteiger partial charge in [0.2, 0.25) is 21.8 Å². The Kier molecular flexibility index (Phi) is 12.2. The van der Waals surface area contributed by atoms with Crippen molar-refractivity contribution in [3.05, 3.63) is 99.5 Å². The van der Waals surface area contributed by atoms with Crippen LogP contribution >= 0.6 is 27.5 Å². The fraction of sp³-hybridized carbons (Fsp3) is 0.355.